The Hall–Kier alpha value is -8.69. The Labute approximate surface area is 645 Å². The molecule has 0 fully saturated rings. The summed E-state index contributed by atoms with van der Waals surface area (Å²) in [7, 11) is 0. The van der Waals surface area contributed by atoms with Gasteiger partial charge in [-0.05, 0) is 22.0 Å². The molecule has 0 bridgehead atoms. The van der Waals surface area contributed by atoms with E-state index in [-0.39, 0.29) is 32.5 Å². The third-order valence-corrected chi connectivity index (χ3v) is 35.8. The molecular weight excluding hydrogens is 1460 g/mol. The molecule has 0 aliphatic heterocycles. The molecule has 16 rings (SSSR count). The summed E-state index contributed by atoms with van der Waals surface area (Å²) >= 11 is -4.89. The molecule has 546 valence electrons. The van der Waals surface area contributed by atoms with Gasteiger partial charge in [-0.3, -0.25) is 0 Å². The molecule has 0 amide bonds. The van der Waals surface area contributed by atoms with E-state index in [2.05, 4.69) is 244 Å². The van der Waals surface area contributed by atoms with Gasteiger partial charge in [0.25, 0.3) is 0 Å². The number of fused-ring (bicyclic) bond motifs is 12. The van der Waals surface area contributed by atoms with Crippen LogP contribution in [0.2, 0.25) is 0 Å². The number of alkyl halides is 6. The van der Waals surface area contributed by atoms with Gasteiger partial charge >= 0.3 is 587 Å². The fourth-order valence-electron chi connectivity index (χ4n) is 17.7. The summed E-state index contributed by atoms with van der Waals surface area (Å²) < 4.78 is 102. The fourth-order valence-corrected chi connectivity index (χ4v) is 28.6. The molecule has 12 aromatic rings. The second-order valence-corrected chi connectivity index (χ2v) is 46.6. The van der Waals surface area contributed by atoms with Crippen LogP contribution in [0.4, 0.5) is 26.3 Å². The van der Waals surface area contributed by atoms with Gasteiger partial charge in [0.2, 0.25) is 0 Å². The third kappa shape index (κ3) is 12.3. The van der Waals surface area contributed by atoms with E-state index < -0.39 is 51.9 Å². The van der Waals surface area contributed by atoms with E-state index in [0.717, 1.165) is 42.2 Å². The van der Waals surface area contributed by atoms with Crippen molar-refractivity contribution in [3.05, 3.63) is 322 Å². The van der Waals surface area contributed by atoms with E-state index in [4.69, 9.17) is 0 Å². The van der Waals surface area contributed by atoms with Gasteiger partial charge in [-0.1, -0.05) is 41.5 Å². The average Bonchev–Trinajstić information content (AvgIpc) is 1.55. The molecule has 2 radical (unpaired) electrons. The minimum absolute atomic E-state index is 0.0125. The topological polar surface area (TPSA) is 0 Å². The summed E-state index contributed by atoms with van der Waals surface area (Å²) in [4.78, 5) is 0. The van der Waals surface area contributed by atoms with Crippen molar-refractivity contribution in [1.29, 1.82) is 0 Å². The predicted octanol–water partition coefficient (Wildman–Crippen LogP) is 23.2. The van der Waals surface area contributed by atoms with E-state index in [9.17, 15) is 0 Å². The SMILES string of the molecule is CC(C)(C)c1ccc2c(c1)C(C)(C)c1cc(C(C)(C)C)cc(-c3ccc4c(c3)C(C)(C(F)(F)F)c3c[c]([Ge]([c]5ccccc5)[c]5ccccc5)ccc3-4)c1-2.CC(C)(C)c1ccc2c(c1)C(C)(C)c1cc(C(C)(C)C)cc(-c3ccc4c(c3)C(C)(C(F)(F)F)c3c[c]([Ge]([c]5ccccc5)[c]5ccccc5)ccc3-4)c1-2. The van der Waals surface area contributed by atoms with Crippen LogP contribution in [0.25, 0.3) is 66.8 Å². The van der Waals surface area contributed by atoms with Gasteiger partial charge in [0.05, 0.1) is 0 Å². The summed E-state index contributed by atoms with van der Waals surface area (Å²) in [6.45, 7) is 38.7. The Morgan fingerprint density at radius 2 is 0.481 bits per heavy atom. The number of hydrogen-bond acceptors (Lipinski definition) is 0. The third-order valence-electron chi connectivity index (χ3n) is 24.4. The van der Waals surface area contributed by atoms with Crippen molar-refractivity contribution in [1.82, 2.24) is 0 Å². The van der Waals surface area contributed by atoms with Gasteiger partial charge in [0.1, 0.15) is 0 Å². The molecule has 2 atom stereocenters. The normalized spacial score (nSPS) is 17.3. The van der Waals surface area contributed by atoms with Gasteiger partial charge in [0.15, 0.2) is 0 Å². The molecule has 8 heteroatoms. The molecule has 0 spiro atoms. The zero-order valence-electron chi connectivity index (χ0n) is 65.5. The van der Waals surface area contributed by atoms with Gasteiger partial charge in [-0.25, -0.2) is 0 Å². The first-order valence-corrected chi connectivity index (χ1v) is 44.3. The quantitative estimate of drug-likeness (QED) is 0.105. The maximum atomic E-state index is 15.9. The van der Waals surface area contributed by atoms with E-state index in [1.165, 1.54) is 87.1 Å². The first kappa shape index (κ1) is 74.8. The van der Waals surface area contributed by atoms with Crippen molar-refractivity contribution in [3.63, 3.8) is 0 Å². The molecule has 0 saturated carbocycles. The number of benzene rings is 12. The Balaban J connectivity index is 0.000000172. The van der Waals surface area contributed by atoms with Gasteiger partial charge in [-0.2, -0.15) is 0 Å². The van der Waals surface area contributed by atoms with Crippen LogP contribution in [0.1, 0.15) is 191 Å². The second-order valence-electron chi connectivity index (χ2n) is 36.2. The standard InChI is InChI=1S/2C50H48F3Ge/c2*1-46(2,3)32-21-24-39-41(28-32)48(7,8)44-29-33(47(4,5)6)27-40(45(39)44)31-20-23-37-38-25-22-36(30-43(38)49(9,42(37)26-31)50(51,52)53)54(34-16-12-10-13-17-34)35-18-14-11-15-19-35/h2*10-30H,1-9H3. The van der Waals surface area contributed by atoms with Crippen molar-refractivity contribution < 1.29 is 26.3 Å². The Kier molecular flexibility index (Phi) is 18.0. The number of rotatable bonds is 8. The number of hydrogen-bond donors (Lipinski definition) is 0. The summed E-state index contributed by atoms with van der Waals surface area (Å²) in [6.07, 6.45) is -9.03. The van der Waals surface area contributed by atoms with E-state index >= 15 is 26.3 Å². The zero-order chi connectivity index (χ0) is 77.2. The Bertz CT molecular complexity index is 5110. The Morgan fingerprint density at radius 1 is 0.222 bits per heavy atom. The van der Waals surface area contributed by atoms with E-state index in [0.29, 0.717) is 44.5 Å². The molecule has 0 nitrogen and oxygen atoms in total. The van der Waals surface area contributed by atoms with Crippen LogP contribution in [-0.4, -0.2) is 41.1 Å². The molecule has 108 heavy (non-hydrogen) atoms. The first-order chi connectivity index (χ1) is 50.6. The van der Waals surface area contributed by atoms with Crippen molar-refractivity contribution >= 4 is 55.1 Å². The summed E-state index contributed by atoms with van der Waals surface area (Å²) in [5, 5.41) is 0. The summed E-state index contributed by atoms with van der Waals surface area (Å²) in [6, 6.07) is 87.8. The van der Waals surface area contributed by atoms with Crippen molar-refractivity contribution in [2.24, 2.45) is 0 Å². The fraction of sp³-hybridized carbons (Fsp3) is 0.280. The summed E-state index contributed by atoms with van der Waals surface area (Å²) in [5.41, 5.74) is 17.0. The molecular formula is C100H96F6Ge2. The summed E-state index contributed by atoms with van der Waals surface area (Å²) in [5.74, 6) is 0. The van der Waals surface area contributed by atoms with Crippen LogP contribution in [-0.2, 0) is 43.3 Å². The van der Waals surface area contributed by atoms with Crippen LogP contribution in [0, 0.1) is 0 Å². The van der Waals surface area contributed by atoms with Crippen molar-refractivity contribution in [2.75, 3.05) is 0 Å². The van der Waals surface area contributed by atoms with Crippen molar-refractivity contribution in [3.8, 4) is 66.8 Å². The number of halogens is 6. The van der Waals surface area contributed by atoms with Gasteiger partial charge in [-0.15, -0.1) is 0 Å². The molecule has 0 heterocycles. The predicted molar refractivity (Wildman–Crippen MR) is 445 cm³/mol. The average molecular weight is 1560 g/mol. The van der Waals surface area contributed by atoms with Crippen LogP contribution < -0.4 is 26.4 Å². The van der Waals surface area contributed by atoms with Gasteiger partial charge < -0.3 is 0 Å². The molecule has 12 aromatic carbocycles. The molecule has 2 unspecified atom stereocenters. The Morgan fingerprint density at radius 3 is 0.759 bits per heavy atom. The van der Waals surface area contributed by atoms with Crippen LogP contribution in [0.3, 0.4) is 0 Å². The molecule has 4 aliphatic rings. The molecule has 0 saturated heterocycles. The van der Waals surface area contributed by atoms with Crippen LogP contribution in [0.15, 0.2) is 255 Å². The van der Waals surface area contributed by atoms with E-state index in [1.807, 2.05) is 121 Å². The molecule has 0 N–H and O–H groups in total. The zero-order valence-corrected chi connectivity index (χ0v) is 69.7. The monoisotopic (exact) mass is 1560 g/mol. The maximum absolute atomic E-state index is 15.9. The van der Waals surface area contributed by atoms with Crippen molar-refractivity contribution in [2.45, 2.75) is 180 Å². The first-order valence-electron chi connectivity index (χ1n) is 38.0. The minimum atomic E-state index is -4.52. The van der Waals surface area contributed by atoms with E-state index in [1.54, 1.807) is 0 Å². The van der Waals surface area contributed by atoms with Gasteiger partial charge in [0, 0.05) is 0 Å². The van der Waals surface area contributed by atoms with Crippen LogP contribution in [0.5, 0.6) is 0 Å². The second kappa shape index (κ2) is 26.0. The molecule has 4 aliphatic carbocycles. The molecule has 0 aromatic heterocycles. The van der Waals surface area contributed by atoms with Crippen LogP contribution >= 0.6 is 0 Å².